The van der Waals surface area contributed by atoms with Crippen LogP contribution in [0.1, 0.15) is 30.9 Å². The highest BCUT2D eigenvalue weighted by atomic mass is 16.5. The first-order valence-electron chi connectivity index (χ1n) is 6.66. The summed E-state index contributed by atoms with van der Waals surface area (Å²) in [5.41, 5.74) is 2.23. The first kappa shape index (κ1) is 13.9. The molecule has 1 aliphatic rings. The van der Waals surface area contributed by atoms with Crippen LogP contribution < -0.4 is 4.74 Å². The molecule has 0 aromatic heterocycles. The van der Waals surface area contributed by atoms with Gasteiger partial charge in [0.15, 0.2) is 6.61 Å². The summed E-state index contributed by atoms with van der Waals surface area (Å²) in [7, 11) is 0. The highest BCUT2D eigenvalue weighted by Crippen LogP contribution is 2.24. The topological polar surface area (TPSA) is 49.8 Å². The molecule has 0 saturated carbocycles. The predicted molar refractivity (Wildman–Crippen MR) is 73.3 cm³/mol. The molecule has 1 saturated heterocycles. The highest BCUT2D eigenvalue weighted by Gasteiger charge is 2.28. The molecule has 4 heteroatoms. The maximum Gasteiger partial charge on any atom is 0.260 e. The predicted octanol–water partition coefficient (Wildman–Crippen LogP) is 1.70. The Kier molecular flexibility index (Phi) is 4.10. The van der Waals surface area contributed by atoms with Crippen molar-refractivity contribution in [3.05, 3.63) is 29.3 Å². The van der Waals surface area contributed by atoms with Gasteiger partial charge < -0.3 is 14.7 Å². The van der Waals surface area contributed by atoms with E-state index in [1.807, 2.05) is 19.1 Å². The summed E-state index contributed by atoms with van der Waals surface area (Å²) in [6.45, 7) is 7.11. The van der Waals surface area contributed by atoms with Gasteiger partial charge in [-0.2, -0.15) is 0 Å². The largest absolute Gasteiger partial charge is 0.483 e. The number of likely N-dealkylation sites (tertiary alicyclic amines) is 1. The zero-order valence-electron chi connectivity index (χ0n) is 11.7. The number of hydrogen-bond acceptors (Lipinski definition) is 3. The minimum absolute atomic E-state index is 0.0368. The molecule has 0 unspecified atom stereocenters. The van der Waals surface area contributed by atoms with Crippen LogP contribution in [0.3, 0.4) is 0 Å². The number of β-amino-alcohol motifs (C(OH)–C–C–N with tert-alkyl or cyclic N) is 1. The zero-order chi connectivity index (χ0) is 14.0. The van der Waals surface area contributed by atoms with Crippen LogP contribution in [0, 0.1) is 6.92 Å². The number of carbonyl (C=O) groups is 1. The zero-order valence-corrected chi connectivity index (χ0v) is 11.7. The van der Waals surface area contributed by atoms with Crippen molar-refractivity contribution in [2.75, 3.05) is 19.7 Å². The van der Waals surface area contributed by atoms with Gasteiger partial charge in [-0.15, -0.1) is 0 Å². The first-order valence-corrected chi connectivity index (χ1v) is 6.66. The van der Waals surface area contributed by atoms with Gasteiger partial charge in [0.25, 0.3) is 5.91 Å². The van der Waals surface area contributed by atoms with E-state index in [1.54, 1.807) is 4.90 Å². The molecule has 1 aliphatic heterocycles. The molecule has 0 bridgehead atoms. The van der Waals surface area contributed by atoms with Crippen molar-refractivity contribution in [3.63, 3.8) is 0 Å². The van der Waals surface area contributed by atoms with Crippen LogP contribution in [-0.2, 0) is 4.79 Å². The van der Waals surface area contributed by atoms with E-state index in [-0.39, 0.29) is 18.6 Å². The van der Waals surface area contributed by atoms with E-state index in [9.17, 15) is 4.79 Å². The molecule has 4 nitrogen and oxygen atoms in total. The maximum absolute atomic E-state index is 11.8. The number of nitrogens with zero attached hydrogens (tertiary/aromatic N) is 1. The van der Waals surface area contributed by atoms with Gasteiger partial charge in [-0.25, -0.2) is 0 Å². The quantitative estimate of drug-likeness (QED) is 0.899. The molecular formula is C15H21NO3. The number of amides is 1. The Labute approximate surface area is 114 Å². The third-order valence-corrected chi connectivity index (χ3v) is 3.44. The van der Waals surface area contributed by atoms with Crippen LogP contribution >= 0.6 is 0 Å². The number of aryl methyl sites for hydroxylation is 1. The van der Waals surface area contributed by atoms with Crippen molar-refractivity contribution < 1.29 is 14.6 Å². The molecule has 104 valence electrons. The number of carbonyl (C=O) groups excluding carboxylic acids is 1. The summed E-state index contributed by atoms with van der Waals surface area (Å²) in [6, 6.07) is 6.10. The summed E-state index contributed by atoms with van der Waals surface area (Å²) in [5, 5.41) is 9.16. The number of hydrogen-bond donors (Lipinski definition) is 1. The van der Waals surface area contributed by atoms with Crippen molar-refractivity contribution in [2.45, 2.75) is 32.8 Å². The van der Waals surface area contributed by atoms with E-state index in [2.05, 4.69) is 19.9 Å². The summed E-state index contributed by atoms with van der Waals surface area (Å²) >= 11 is 0. The van der Waals surface area contributed by atoms with E-state index in [4.69, 9.17) is 9.84 Å². The fourth-order valence-corrected chi connectivity index (χ4v) is 2.02. The number of benzene rings is 1. The molecule has 19 heavy (non-hydrogen) atoms. The Morgan fingerprint density at radius 1 is 1.47 bits per heavy atom. The molecule has 1 N–H and O–H groups in total. The van der Waals surface area contributed by atoms with E-state index < -0.39 is 0 Å². The fourth-order valence-electron chi connectivity index (χ4n) is 2.02. The molecule has 1 heterocycles. The summed E-state index contributed by atoms with van der Waals surface area (Å²) < 4.78 is 5.61. The molecule has 0 atom stereocenters. The Morgan fingerprint density at radius 3 is 2.74 bits per heavy atom. The lowest BCUT2D eigenvalue weighted by Crippen LogP contribution is -2.54. The van der Waals surface area contributed by atoms with Crippen LogP contribution in [0.25, 0.3) is 0 Å². The van der Waals surface area contributed by atoms with Crippen molar-refractivity contribution in [2.24, 2.45) is 0 Å². The minimum atomic E-state index is -0.366. The summed E-state index contributed by atoms with van der Waals surface area (Å²) in [4.78, 5) is 13.4. The minimum Gasteiger partial charge on any atom is -0.483 e. The number of rotatable bonds is 4. The third-order valence-electron chi connectivity index (χ3n) is 3.44. The van der Waals surface area contributed by atoms with Crippen LogP contribution in [0.2, 0.25) is 0 Å². The molecule has 0 aliphatic carbocycles. The summed E-state index contributed by atoms with van der Waals surface area (Å²) in [6.07, 6.45) is -0.366. The maximum atomic E-state index is 11.8. The van der Waals surface area contributed by atoms with Gasteiger partial charge in [0, 0.05) is 13.1 Å². The van der Waals surface area contributed by atoms with Crippen molar-refractivity contribution >= 4 is 5.91 Å². The van der Waals surface area contributed by atoms with Crippen LogP contribution in [-0.4, -0.2) is 41.7 Å². The lowest BCUT2D eigenvalue weighted by atomic mass is 10.0. The van der Waals surface area contributed by atoms with Crippen molar-refractivity contribution in [3.8, 4) is 5.75 Å². The number of aliphatic hydroxyl groups is 1. The van der Waals surface area contributed by atoms with Gasteiger partial charge in [-0.05, 0) is 30.0 Å². The fraction of sp³-hybridized carbons (Fsp3) is 0.533. The van der Waals surface area contributed by atoms with Gasteiger partial charge in [-0.3, -0.25) is 4.79 Å². The smallest absolute Gasteiger partial charge is 0.260 e. The SMILES string of the molecule is Cc1ccc(C(C)C)cc1OCC(=O)N1CC(O)C1. The van der Waals surface area contributed by atoms with Gasteiger partial charge in [-0.1, -0.05) is 26.0 Å². The standard InChI is InChI=1S/C15H21NO3/c1-10(2)12-5-4-11(3)14(6-12)19-9-15(18)16-7-13(17)8-16/h4-6,10,13,17H,7-9H2,1-3H3. The molecule has 1 amide bonds. The van der Waals surface area contributed by atoms with E-state index in [1.165, 1.54) is 5.56 Å². The lowest BCUT2D eigenvalue weighted by molar-refractivity contribution is -0.143. The normalized spacial score (nSPS) is 15.5. The van der Waals surface area contributed by atoms with Crippen LogP contribution in [0.5, 0.6) is 5.75 Å². The Hall–Kier alpha value is -1.55. The highest BCUT2D eigenvalue weighted by molar-refractivity contribution is 5.78. The Balaban J connectivity index is 1.95. The second-order valence-electron chi connectivity index (χ2n) is 5.42. The van der Waals surface area contributed by atoms with Gasteiger partial charge >= 0.3 is 0 Å². The molecular weight excluding hydrogens is 242 g/mol. The van der Waals surface area contributed by atoms with Gasteiger partial charge in [0.05, 0.1) is 6.10 Å². The molecule has 1 fully saturated rings. The molecule has 0 spiro atoms. The Bertz CT molecular complexity index is 464. The number of ether oxygens (including phenoxy) is 1. The molecule has 0 radical (unpaired) electrons. The second-order valence-corrected chi connectivity index (χ2v) is 5.42. The van der Waals surface area contributed by atoms with Crippen molar-refractivity contribution in [1.29, 1.82) is 0 Å². The van der Waals surface area contributed by atoms with E-state index in [0.29, 0.717) is 19.0 Å². The average molecular weight is 263 g/mol. The monoisotopic (exact) mass is 263 g/mol. The van der Waals surface area contributed by atoms with Gasteiger partial charge in [0.1, 0.15) is 5.75 Å². The second kappa shape index (κ2) is 5.61. The number of aliphatic hydroxyl groups excluding tert-OH is 1. The van der Waals surface area contributed by atoms with Crippen LogP contribution in [0.15, 0.2) is 18.2 Å². The van der Waals surface area contributed by atoms with E-state index >= 15 is 0 Å². The average Bonchev–Trinajstić information content (AvgIpc) is 2.33. The molecule has 2 rings (SSSR count). The molecule has 1 aromatic rings. The Morgan fingerprint density at radius 2 is 2.16 bits per heavy atom. The summed E-state index contributed by atoms with van der Waals surface area (Å²) in [5.74, 6) is 1.13. The lowest BCUT2D eigenvalue weighted by Gasteiger charge is -2.35. The first-order chi connectivity index (χ1) is 8.97. The van der Waals surface area contributed by atoms with E-state index in [0.717, 1.165) is 11.3 Å². The van der Waals surface area contributed by atoms with Crippen molar-refractivity contribution in [1.82, 2.24) is 4.90 Å². The van der Waals surface area contributed by atoms with Gasteiger partial charge in [0.2, 0.25) is 0 Å². The third kappa shape index (κ3) is 3.26. The molecule has 1 aromatic carbocycles. The van der Waals surface area contributed by atoms with Crippen LogP contribution in [0.4, 0.5) is 0 Å².